The molecule has 2 heterocycles. The first kappa shape index (κ1) is 25.7. The molecule has 3 aromatic rings. The summed E-state index contributed by atoms with van der Waals surface area (Å²) in [5, 5.41) is 5.99. The van der Waals surface area contributed by atoms with Gasteiger partial charge in [0, 0.05) is 23.5 Å². The highest BCUT2D eigenvalue weighted by Gasteiger charge is 2.42. The maximum Gasteiger partial charge on any atom is 0.265 e. The van der Waals surface area contributed by atoms with Crippen molar-refractivity contribution in [1.82, 2.24) is 10.3 Å². The molecule has 2 aromatic carbocycles. The van der Waals surface area contributed by atoms with Crippen LogP contribution in [0.2, 0.25) is 5.02 Å². The van der Waals surface area contributed by atoms with Gasteiger partial charge in [0.15, 0.2) is 0 Å². The average Bonchev–Trinajstić information content (AvgIpc) is 2.81. The molecule has 1 aliphatic rings. The molecular weight excluding hydrogens is 500 g/mol. The van der Waals surface area contributed by atoms with Crippen LogP contribution in [0.3, 0.4) is 0 Å². The van der Waals surface area contributed by atoms with Gasteiger partial charge in [0.1, 0.15) is 6.04 Å². The molecule has 8 nitrogen and oxygen atoms in total. The number of carbonyl (C=O) groups is 2. The summed E-state index contributed by atoms with van der Waals surface area (Å²) in [6, 6.07) is 12.3. The van der Waals surface area contributed by atoms with E-state index in [1.54, 1.807) is 50.4 Å². The van der Waals surface area contributed by atoms with Gasteiger partial charge in [-0.25, -0.2) is 8.42 Å². The number of fused-ring (bicyclic) bond motifs is 1. The Morgan fingerprint density at radius 1 is 1.11 bits per heavy atom. The highest BCUT2D eigenvalue weighted by atomic mass is 35.5. The molecule has 1 atom stereocenters. The Labute approximate surface area is 215 Å². The Kier molecular flexibility index (Phi) is 7.33. The van der Waals surface area contributed by atoms with Crippen LogP contribution in [-0.2, 0) is 26.0 Å². The zero-order valence-corrected chi connectivity index (χ0v) is 21.8. The Balaban J connectivity index is 1.63. The van der Waals surface area contributed by atoms with E-state index in [-0.39, 0.29) is 11.3 Å². The Morgan fingerprint density at radius 2 is 1.86 bits per heavy atom. The van der Waals surface area contributed by atoms with Crippen LogP contribution in [0.5, 0.6) is 0 Å². The lowest BCUT2D eigenvalue weighted by Crippen LogP contribution is -2.53. The highest BCUT2D eigenvalue weighted by molar-refractivity contribution is 7.93. The summed E-state index contributed by atoms with van der Waals surface area (Å²) >= 11 is 6.20. The molecule has 188 valence electrons. The molecule has 10 heteroatoms. The number of hydrogen-bond acceptors (Lipinski definition) is 5. The first-order valence-electron chi connectivity index (χ1n) is 11.5. The van der Waals surface area contributed by atoms with Gasteiger partial charge in [-0.05, 0) is 80.3 Å². The van der Waals surface area contributed by atoms with E-state index in [0.717, 1.165) is 15.6 Å². The van der Waals surface area contributed by atoms with Crippen LogP contribution < -0.4 is 14.9 Å². The van der Waals surface area contributed by atoms with E-state index in [4.69, 9.17) is 11.6 Å². The highest BCUT2D eigenvalue weighted by Crippen LogP contribution is 2.38. The number of nitrogens with one attached hydrogen (secondary N) is 2. The Hall–Kier alpha value is -3.43. The number of benzene rings is 2. The van der Waals surface area contributed by atoms with Crippen LogP contribution in [0.4, 0.5) is 11.4 Å². The molecule has 0 bridgehead atoms. The normalized spacial score (nSPS) is 15.3. The maximum atomic E-state index is 14.0. The molecule has 4 rings (SSSR count). The molecular formula is C26H27ClN4O4S. The fourth-order valence-corrected chi connectivity index (χ4v) is 6.37. The van der Waals surface area contributed by atoms with E-state index in [0.29, 0.717) is 40.5 Å². The molecule has 1 aromatic heterocycles. The quantitative estimate of drug-likeness (QED) is 0.485. The molecule has 2 amide bonds. The van der Waals surface area contributed by atoms with Crippen LogP contribution >= 0.6 is 11.6 Å². The van der Waals surface area contributed by atoms with Gasteiger partial charge in [0.05, 0.1) is 22.7 Å². The second-order valence-electron chi connectivity index (χ2n) is 8.80. The topological polar surface area (TPSA) is 108 Å². The van der Waals surface area contributed by atoms with Gasteiger partial charge in [0.2, 0.25) is 11.8 Å². The Bertz CT molecular complexity index is 1440. The van der Waals surface area contributed by atoms with Crippen LogP contribution in [-0.4, -0.2) is 37.8 Å². The van der Waals surface area contributed by atoms with Crippen molar-refractivity contribution in [3.05, 3.63) is 82.1 Å². The second-order valence-corrected chi connectivity index (χ2v) is 11.0. The molecule has 0 unspecified atom stereocenters. The summed E-state index contributed by atoms with van der Waals surface area (Å²) in [5.41, 5.74) is 3.60. The van der Waals surface area contributed by atoms with Crippen molar-refractivity contribution in [2.45, 2.75) is 44.6 Å². The fraction of sp³-hybridized carbons (Fsp3) is 0.269. The van der Waals surface area contributed by atoms with Gasteiger partial charge in [-0.1, -0.05) is 23.7 Å². The number of sulfonamides is 1. The zero-order chi connectivity index (χ0) is 26.0. The summed E-state index contributed by atoms with van der Waals surface area (Å²) < 4.78 is 29.0. The first-order valence-corrected chi connectivity index (χ1v) is 13.3. The number of halogens is 1. The van der Waals surface area contributed by atoms with Crippen LogP contribution in [0.1, 0.15) is 28.8 Å². The number of hydrogen-bond donors (Lipinski definition) is 2. The number of pyridine rings is 1. The first-order chi connectivity index (χ1) is 17.1. The minimum Gasteiger partial charge on any atom is -0.356 e. The van der Waals surface area contributed by atoms with Gasteiger partial charge < -0.3 is 10.6 Å². The third kappa shape index (κ3) is 5.22. The summed E-state index contributed by atoms with van der Waals surface area (Å²) in [4.78, 5) is 30.1. The van der Waals surface area contributed by atoms with Gasteiger partial charge in [-0.3, -0.25) is 18.9 Å². The van der Waals surface area contributed by atoms with Gasteiger partial charge in [-0.2, -0.15) is 0 Å². The summed E-state index contributed by atoms with van der Waals surface area (Å²) in [7, 11) is -4.21. The van der Waals surface area contributed by atoms with Crippen LogP contribution in [0.25, 0.3) is 0 Å². The predicted octanol–water partition coefficient (Wildman–Crippen LogP) is 3.93. The van der Waals surface area contributed by atoms with E-state index in [9.17, 15) is 18.0 Å². The Morgan fingerprint density at radius 3 is 2.61 bits per heavy atom. The van der Waals surface area contributed by atoms with Crippen molar-refractivity contribution in [2.75, 3.05) is 16.2 Å². The molecule has 0 aliphatic carbocycles. The van der Waals surface area contributed by atoms with Crippen molar-refractivity contribution in [1.29, 1.82) is 0 Å². The van der Waals surface area contributed by atoms with E-state index in [2.05, 4.69) is 15.6 Å². The fourth-order valence-electron chi connectivity index (χ4n) is 4.23. The number of rotatable bonds is 7. The van der Waals surface area contributed by atoms with Gasteiger partial charge in [-0.15, -0.1) is 0 Å². The van der Waals surface area contributed by atoms with E-state index in [1.807, 2.05) is 19.1 Å². The second kappa shape index (κ2) is 10.3. The largest absolute Gasteiger partial charge is 0.356 e. The van der Waals surface area contributed by atoms with E-state index < -0.39 is 27.9 Å². The van der Waals surface area contributed by atoms with Gasteiger partial charge >= 0.3 is 0 Å². The minimum atomic E-state index is -4.21. The number of amides is 2. The molecule has 0 radical (unpaired) electrons. The summed E-state index contributed by atoms with van der Waals surface area (Å²) in [5.74, 6) is -0.995. The van der Waals surface area contributed by atoms with Crippen molar-refractivity contribution in [3.63, 3.8) is 0 Å². The number of anilines is 2. The molecule has 0 saturated carbocycles. The molecule has 0 saturated heterocycles. The third-order valence-corrected chi connectivity index (χ3v) is 8.43. The standard InChI is InChI=1S/C26H27ClN4O4S/c1-16-13-24(17(2)12-20(16)27)36(34,35)31-22-7-5-4-6-21(22)30-26(33)23(31)15-25(32)29-11-9-19-8-10-28-18(3)14-19/h4-8,10,12-14,23H,9,11,15H2,1-3H3,(H,29,32)(H,30,33)/t23-/m1/s1. The number of nitrogens with zero attached hydrogens (tertiary/aromatic N) is 2. The lowest BCUT2D eigenvalue weighted by molar-refractivity contribution is -0.125. The number of aryl methyl sites for hydroxylation is 3. The minimum absolute atomic E-state index is 0.0346. The van der Waals surface area contributed by atoms with Crippen molar-refractivity contribution < 1.29 is 18.0 Å². The maximum absolute atomic E-state index is 14.0. The van der Waals surface area contributed by atoms with Gasteiger partial charge in [0.25, 0.3) is 10.0 Å². The van der Waals surface area contributed by atoms with E-state index in [1.165, 1.54) is 6.07 Å². The molecule has 1 aliphatic heterocycles. The molecule has 36 heavy (non-hydrogen) atoms. The van der Waals surface area contributed by atoms with Crippen molar-refractivity contribution >= 4 is 44.8 Å². The lowest BCUT2D eigenvalue weighted by atomic mass is 10.1. The number of carbonyl (C=O) groups excluding carboxylic acids is 2. The molecule has 0 spiro atoms. The zero-order valence-electron chi connectivity index (χ0n) is 20.2. The summed E-state index contributed by atoms with van der Waals surface area (Å²) in [6.07, 6.45) is 1.96. The van der Waals surface area contributed by atoms with Crippen molar-refractivity contribution in [3.8, 4) is 0 Å². The predicted molar refractivity (Wildman–Crippen MR) is 140 cm³/mol. The average molecular weight is 527 g/mol. The SMILES string of the molecule is Cc1cc(CCNC(=O)C[C@@H]2C(=O)Nc3ccccc3N2S(=O)(=O)c2cc(C)c(Cl)cc2C)ccn1. The van der Waals surface area contributed by atoms with E-state index >= 15 is 0 Å². The molecule has 0 fully saturated rings. The molecule has 2 N–H and O–H groups in total. The van der Waals surface area contributed by atoms with Crippen molar-refractivity contribution in [2.24, 2.45) is 0 Å². The number of para-hydroxylation sites is 2. The van der Waals surface area contributed by atoms with Crippen LogP contribution in [0, 0.1) is 20.8 Å². The van der Waals surface area contributed by atoms with Crippen LogP contribution in [0.15, 0.2) is 59.6 Å². The lowest BCUT2D eigenvalue weighted by Gasteiger charge is -2.37. The summed E-state index contributed by atoms with van der Waals surface area (Å²) in [6.45, 7) is 5.60. The third-order valence-electron chi connectivity index (χ3n) is 6.05. The smallest absolute Gasteiger partial charge is 0.265 e. The monoisotopic (exact) mass is 526 g/mol. The number of aromatic nitrogens is 1.